The summed E-state index contributed by atoms with van der Waals surface area (Å²) in [4.78, 5) is -0.0252. The molecule has 0 aliphatic heterocycles. The topological polar surface area (TPSA) is 73.9 Å². The molecule has 0 unspecified atom stereocenters. The van der Waals surface area contributed by atoms with E-state index in [2.05, 4.69) is 4.72 Å². The summed E-state index contributed by atoms with van der Waals surface area (Å²) in [6, 6.07) is 9.07. The first-order chi connectivity index (χ1) is 10.9. The highest BCUT2D eigenvalue weighted by Crippen LogP contribution is 2.33. The number of hydrogen-bond donors (Lipinski definition) is 1. The largest absolute Gasteiger partial charge is 0.497 e. The Morgan fingerprint density at radius 2 is 1.61 bits per heavy atom. The lowest BCUT2D eigenvalue weighted by Crippen LogP contribution is -2.14. The lowest BCUT2D eigenvalue weighted by molar-refractivity contribution is 0.386. The Hall–Kier alpha value is -2.12. The Kier molecular flexibility index (Phi) is 5.23. The molecule has 0 spiro atoms. The van der Waals surface area contributed by atoms with Crippen LogP contribution < -0.4 is 18.9 Å². The third-order valence-corrected chi connectivity index (χ3v) is 4.71. The zero-order valence-electron chi connectivity index (χ0n) is 12.8. The molecule has 124 valence electrons. The van der Waals surface area contributed by atoms with Gasteiger partial charge in [0.2, 0.25) is 0 Å². The van der Waals surface area contributed by atoms with Crippen LogP contribution in [-0.2, 0) is 10.0 Å². The second kappa shape index (κ2) is 6.97. The minimum atomic E-state index is -3.90. The maximum Gasteiger partial charge on any atom is 0.265 e. The van der Waals surface area contributed by atoms with Crippen molar-refractivity contribution >= 4 is 27.3 Å². The third-order valence-electron chi connectivity index (χ3n) is 3.07. The summed E-state index contributed by atoms with van der Waals surface area (Å²) >= 11 is 5.92. The smallest absolute Gasteiger partial charge is 0.265 e. The maximum atomic E-state index is 12.6. The van der Waals surface area contributed by atoms with Crippen LogP contribution in [-0.4, -0.2) is 29.7 Å². The zero-order valence-corrected chi connectivity index (χ0v) is 14.4. The molecular weight excluding hydrogens is 342 g/mol. The first-order valence-corrected chi connectivity index (χ1v) is 8.35. The van der Waals surface area contributed by atoms with Crippen LogP contribution in [0.1, 0.15) is 0 Å². The van der Waals surface area contributed by atoms with Crippen molar-refractivity contribution in [1.82, 2.24) is 0 Å². The van der Waals surface area contributed by atoms with Crippen LogP contribution in [0.25, 0.3) is 0 Å². The van der Waals surface area contributed by atoms with Gasteiger partial charge >= 0.3 is 0 Å². The van der Waals surface area contributed by atoms with E-state index in [4.69, 9.17) is 25.8 Å². The maximum absolute atomic E-state index is 12.6. The molecule has 0 atom stereocenters. The molecule has 2 aromatic rings. The number of benzene rings is 2. The number of methoxy groups -OCH3 is 3. The monoisotopic (exact) mass is 357 g/mol. The first-order valence-electron chi connectivity index (χ1n) is 6.49. The minimum absolute atomic E-state index is 0.0252. The predicted octanol–water partition coefficient (Wildman–Crippen LogP) is 3.17. The summed E-state index contributed by atoms with van der Waals surface area (Å²) < 4.78 is 43.0. The summed E-state index contributed by atoms with van der Waals surface area (Å²) in [6.07, 6.45) is 0. The highest BCUT2D eigenvalue weighted by atomic mass is 35.5. The van der Waals surface area contributed by atoms with Gasteiger partial charge in [0.1, 0.15) is 22.1 Å². The molecule has 1 N–H and O–H groups in total. The Bertz CT molecular complexity index is 808. The van der Waals surface area contributed by atoms with E-state index in [-0.39, 0.29) is 16.3 Å². The van der Waals surface area contributed by atoms with E-state index in [0.717, 1.165) is 0 Å². The van der Waals surface area contributed by atoms with Crippen LogP contribution in [0.4, 0.5) is 5.69 Å². The number of rotatable bonds is 6. The molecule has 0 amide bonds. The lowest BCUT2D eigenvalue weighted by Gasteiger charge is -2.14. The van der Waals surface area contributed by atoms with Crippen molar-refractivity contribution in [2.45, 2.75) is 4.90 Å². The van der Waals surface area contributed by atoms with Crippen LogP contribution >= 0.6 is 11.6 Å². The number of halogens is 1. The van der Waals surface area contributed by atoms with E-state index in [9.17, 15) is 8.42 Å². The molecule has 6 nitrogen and oxygen atoms in total. The van der Waals surface area contributed by atoms with Crippen molar-refractivity contribution in [3.63, 3.8) is 0 Å². The summed E-state index contributed by atoms with van der Waals surface area (Å²) in [5.74, 6) is 1.00. The van der Waals surface area contributed by atoms with Gasteiger partial charge in [-0.2, -0.15) is 0 Å². The van der Waals surface area contributed by atoms with Crippen LogP contribution in [0.2, 0.25) is 5.02 Å². The van der Waals surface area contributed by atoms with Crippen LogP contribution in [0.15, 0.2) is 41.3 Å². The van der Waals surface area contributed by atoms with Crippen molar-refractivity contribution in [2.75, 3.05) is 26.1 Å². The fourth-order valence-electron chi connectivity index (χ4n) is 1.96. The summed E-state index contributed by atoms with van der Waals surface area (Å²) in [7, 11) is 0.407. The normalized spacial score (nSPS) is 11.0. The Morgan fingerprint density at radius 3 is 2.22 bits per heavy atom. The van der Waals surface area contributed by atoms with Gasteiger partial charge in [-0.25, -0.2) is 8.42 Å². The molecule has 2 rings (SSSR count). The van der Waals surface area contributed by atoms with E-state index < -0.39 is 10.0 Å². The second-order valence-corrected chi connectivity index (χ2v) is 6.55. The average Bonchev–Trinajstić information content (AvgIpc) is 2.54. The second-order valence-electron chi connectivity index (χ2n) is 4.47. The van der Waals surface area contributed by atoms with Crippen LogP contribution in [0.5, 0.6) is 17.2 Å². The van der Waals surface area contributed by atoms with Crippen molar-refractivity contribution < 1.29 is 22.6 Å². The van der Waals surface area contributed by atoms with Crippen molar-refractivity contribution in [1.29, 1.82) is 0 Å². The fourth-order valence-corrected chi connectivity index (χ4v) is 3.34. The predicted molar refractivity (Wildman–Crippen MR) is 88.4 cm³/mol. The highest BCUT2D eigenvalue weighted by Gasteiger charge is 2.22. The quantitative estimate of drug-likeness (QED) is 0.859. The van der Waals surface area contributed by atoms with Crippen LogP contribution in [0, 0.1) is 0 Å². The molecule has 0 aliphatic rings. The number of anilines is 1. The van der Waals surface area contributed by atoms with E-state index in [1.807, 2.05) is 0 Å². The molecule has 0 aliphatic carbocycles. The van der Waals surface area contributed by atoms with Crippen molar-refractivity contribution in [2.24, 2.45) is 0 Å². The van der Waals surface area contributed by atoms with Gasteiger partial charge in [0.25, 0.3) is 10.0 Å². The molecule has 0 fully saturated rings. The summed E-state index contributed by atoms with van der Waals surface area (Å²) in [6.45, 7) is 0. The first kappa shape index (κ1) is 17.2. The van der Waals surface area contributed by atoms with E-state index >= 15 is 0 Å². The fraction of sp³-hybridized carbons (Fsp3) is 0.200. The molecular formula is C15H16ClNO5S. The van der Waals surface area contributed by atoms with Crippen LogP contribution in [0.3, 0.4) is 0 Å². The van der Waals surface area contributed by atoms with Gasteiger partial charge in [-0.05, 0) is 30.3 Å². The summed E-state index contributed by atoms with van der Waals surface area (Å²) in [5, 5.41) is 0.380. The number of sulfonamides is 1. The highest BCUT2D eigenvalue weighted by molar-refractivity contribution is 7.92. The average molecular weight is 358 g/mol. The lowest BCUT2D eigenvalue weighted by atomic mass is 10.3. The number of nitrogens with one attached hydrogen (secondary N) is 1. The Morgan fingerprint density at radius 1 is 0.913 bits per heavy atom. The van der Waals surface area contributed by atoms with Gasteiger partial charge in [-0.15, -0.1) is 0 Å². The SMILES string of the molecule is COc1ccc(S(=O)(=O)Nc2cc(Cl)ccc2OC)c(OC)c1. The molecule has 2 aromatic carbocycles. The molecule has 0 aromatic heterocycles. The third kappa shape index (κ3) is 3.80. The number of ether oxygens (including phenoxy) is 3. The Balaban J connectivity index is 2.46. The molecule has 0 heterocycles. The van der Waals surface area contributed by atoms with Gasteiger partial charge < -0.3 is 14.2 Å². The molecule has 8 heteroatoms. The van der Waals surface area contributed by atoms with Gasteiger partial charge in [-0.1, -0.05) is 11.6 Å². The standard InChI is InChI=1S/C15H16ClNO5S/c1-20-11-5-7-15(14(9-11)22-3)23(18,19)17-12-8-10(16)4-6-13(12)21-2/h4-9,17H,1-3H3. The molecule has 0 radical (unpaired) electrons. The van der Waals surface area contributed by atoms with E-state index in [1.54, 1.807) is 12.1 Å². The minimum Gasteiger partial charge on any atom is -0.497 e. The van der Waals surface area contributed by atoms with E-state index in [1.165, 1.54) is 45.6 Å². The van der Waals surface area contributed by atoms with E-state index in [0.29, 0.717) is 16.5 Å². The Labute approximate surface area is 140 Å². The summed E-state index contributed by atoms with van der Waals surface area (Å²) in [5.41, 5.74) is 0.234. The van der Waals surface area contributed by atoms with Crippen molar-refractivity contribution in [3.05, 3.63) is 41.4 Å². The molecule has 0 bridgehead atoms. The zero-order chi connectivity index (χ0) is 17.0. The molecule has 0 saturated carbocycles. The van der Waals surface area contributed by atoms with Gasteiger partial charge in [-0.3, -0.25) is 4.72 Å². The number of hydrogen-bond acceptors (Lipinski definition) is 5. The van der Waals surface area contributed by atoms with Gasteiger partial charge in [0, 0.05) is 11.1 Å². The molecule has 0 saturated heterocycles. The van der Waals surface area contributed by atoms with Crippen molar-refractivity contribution in [3.8, 4) is 17.2 Å². The van der Waals surface area contributed by atoms with Gasteiger partial charge in [0.15, 0.2) is 0 Å². The van der Waals surface area contributed by atoms with Gasteiger partial charge in [0.05, 0.1) is 27.0 Å². The molecule has 23 heavy (non-hydrogen) atoms.